The number of aromatic nitrogens is 2. The minimum Gasteiger partial charge on any atom is -0.399 e. The molecule has 1 aromatic heterocycles. The number of hydrogen-bond acceptors (Lipinski definition) is 4. The normalized spacial score (nSPS) is 11.8. The van der Waals surface area contributed by atoms with Gasteiger partial charge in [-0.15, -0.1) is 0 Å². The van der Waals surface area contributed by atoms with Crippen molar-refractivity contribution >= 4 is 29.4 Å². The molecular weight excluding hydrogens is 452 g/mol. The van der Waals surface area contributed by atoms with Crippen molar-refractivity contribution in [2.45, 2.75) is 13.1 Å². The second-order valence-electron chi connectivity index (χ2n) is 6.75. The SMILES string of the molecule is CO/N=C/c1ccc(-c2cc(C(F)(F)F)cc(Cl)c2NC(=O)c2c(C)nn(C)c2F)cc1. The van der Waals surface area contributed by atoms with Crippen molar-refractivity contribution < 1.29 is 27.2 Å². The van der Waals surface area contributed by atoms with Crippen LogP contribution in [0.1, 0.15) is 27.2 Å². The number of rotatable bonds is 5. The highest BCUT2D eigenvalue weighted by molar-refractivity contribution is 6.35. The zero-order chi connectivity index (χ0) is 23.6. The molecule has 11 heteroatoms. The predicted octanol–water partition coefficient (Wildman–Crippen LogP) is 5.44. The van der Waals surface area contributed by atoms with E-state index in [1.807, 2.05) is 0 Å². The fourth-order valence-corrected chi connectivity index (χ4v) is 3.32. The number of anilines is 1. The first-order chi connectivity index (χ1) is 15.0. The number of benzene rings is 2. The van der Waals surface area contributed by atoms with Crippen molar-refractivity contribution in [2.24, 2.45) is 12.2 Å². The van der Waals surface area contributed by atoms with Gasteiger partial charge in [0.25, 0.3) is 5.91 Å². The molecule has 0 fully saturated rings. The molecule has 3 aromatic rings. The first-order valence-corrected chi connectivity index (χ1v) is 9.49. The van der Waals surface area contributed by atoms with Gasteiger partial charge in [0.2, 0.25) is 5.95 Å². The maximum absolute atomic E-state index is 14.3. The number of aryl methyl sites for hydroxylation is 2. The summed E-state index contributed by atoms with van der Waals surface area (Å²) in [4.78, 5) is 17.3. The number of nitrogens with one attached hydrogen (secondary N) is 1. The lowest BCUT2D eigenvalue weighted by Gasteiger charge is -2.17. The highest BCUT2D eigenvalue weighted by Crippen LogP contribution is 2.41. The molecular formula is C21H17ClF4N4O2. The van der Waals surface area contributed by atoms with Gasteiger partial charge in [-0.2, -0.15) is 22.7 Å². The van der Waals surface area contributed by atoms with Crippen molar-refractivity contribution in [1.29, 1.82) is 0 Å². The van der Waals surface area contributed by atoms with E-state index in [0.29, 0.717) is 17.2 Å². The summed E-state index contributed by atoms with van der Waals surface area (Å²) >= 11 is 6.14. The van der Waals surface area contributed by atoms with E-state index in [-0.39, 0.29) is 27.5 Å². The molecule has 0 saturated heterocycles. The van der Waals surface area contributed by atoms with Crippen molar-refractivity contribution in [3.05, 3.63) is 69.8 Å². The molecule has 0 spiro atoms. The Balaban J connectivity index is 2.11. The van der Waals surface area contributed by atoms with E-state index in [2.05, 4.69) is 20.4 Å². The molecule has 3 rings (SSSR count). The summed E-state index contributed by atoms with van der Waals surface area (Å²) in [7, 11) is 2.70. The van der Waals surface area contributed by atoms with Crippen LogP contribution in [0, 0.1) is 12.9 Å². The van der Waals surface area contributed by atoms with Crippen LogP contribution in [0.3, 0.4) is 0 Å². The Morgan fingerprint density at radius 1 is 1.25 bits per heavy atom. The fraction of sp³-hybridized carbons (Fsp3) is 0.190. The number of hydrogen-bond donors (Lipinski definition) is 1. The summed E-state index contributed by atoms with van der Waals surface area (Å²) in [5, 5.41) is 9.54. The van der Waals surface area contributed by atoms with Crippen LogP contribution in [0.2, 0.25) is 5.02 Å². The number of oxime groups is 1. The average Bonchev–Trinajstić information content (AvgIpc) is 2.98. The van der Waals surface area contributed by atoms with Crippen molar-refractivity contribution in [3.8, 4) is 11.1 Å². The van der Waals surface area contributed by atoms with Gasteiger partial charge >= 0.3 is 6.18 Å². The maximum Gasteiger partial charge on any atom is 0.416 e. The third-order valence-corrected chi connectivity index (χ3v) is 4.86. The van der Waals surface area contributed by atoms with Gasteiger partial charge in [0.15, 0.2) is 0 Å². The smallest absolute Gasteiger partial charge is 0.399 e. The maximum atomic E-state index is 14.3. The zero-order valence-corrected chi connectivity index (χ0v) is 17.8. The van der Waals surface area contributed by atoms with Crippen molar-refractivity contribution in [3.63, 3.8) is 0 Å². The van der Waals surface area contributed by atoms with Crippen LogP contribution in [-0.2, 0) is 18.1 Å². The summed E-state index contributed by atoms with van der Waals surface area (Å²) in [6.07, 6.45) is -3.25. The number of amides is 1. The molecule has 0 atom stereocenters. The molecule has 0 radical (unpaired) electrons. The quantitative estimate of drug-likeness (QED) is 0.308. The number of alkyl halides is 3. The second kappa shape index (κ2) is 8.99. The van der Waals surface area contributed by atoms with Gasteiger partial charge in [-0.25, -0.2) is 4.68 Å². The lowest BCUT2D eigenvalue weighted by atomic mass is 9.99. The molecule has 0 bridgehead atoms. The Hall–Kier alpha value is -3.40. The minimum absolute atomic E-state index is 0.00959. The monoisotopic (exact) mass is 468 g/mol. The van der Waals surface area contributed by atoms with Gasteiger partial charge < -0.3 is 10.2 Å². The first-order valence-electron chi connectivity index (χ1n) is 9.11. The highest BCUT2D eigenvalue weighted by atomic mass is 35.5. The Bertz CT molecular complexity index is 1190. The molecule has 1 amide bonds. The van der Waals surface area contributed by atoms with E-state index in [1.165, 1.54) is 39.4 Å². The van der Waals surface area contributed by atoms with Gasteiger partial charge in [0.1, 0.15) is 12.7 Å². The van der Waals surface area contributed by atoms with Crippen LogP contribution in [0.4, 0.5) is 23.2 Å². The zero-order valence-electron chi connectivity index (χ0n) is 17.1. The molecule has 2 aromatic carbocycles. The van der Waals surface area contributed by atoms with Crippen molar-refractivity contribution in [1.82, 2.24) is 9.78 Å². The lowest BCUT2D eigenvalue weighted by Crippen LogP contribution is -2.16. The van der Waals surface area contributed by atoms with Crippen LogP contribution in [0.15, 0.2) is 41.6 Å². The summed E-state index contributed by atoms with van der Waals surface area (Å²) in [5.74, 6) is -1.77. The van der Waals surface area contributed by atoms with E-state index in [9.17, 15) is 22.4 Å². The molecule has 0 aliphatic heterocycles. The van der Waals surface area contributed by atoms with Crippen LogP contribution in [-0.4, -0.2) is 29.0 Å². The Labute approximate surface area is 185 Å². The molecule has 168 valence electrons. The Kier molecular flexibility index (Phi) is 6.54. The second-order valence-corrected chi connectivity index (χ2v) is 7.15. The number of carbonyl (C=O) groups excluding carboxylic acids is 1. The van der Waals surface area contributed by atoms with Crippen LogP contribution >= 0.6 is 11.6 Å². The van der Waals surface area contributed by atoms with E-state index in [1.54, 1.807) is 12.1 Å². The molecule has 0 saturated carbocycles. The third kappa shape index (κ3) is 4.75. The Morgan fingerprint density at radius 3 is 2.44 bits per heavy atom. The van der Waals surface area contributed by atoms with E-state index < -0.39 is 23.6 Å². The van der Waals surface area contributed by atoms with E-state index in [4.69, 9.17) is 11.6 Å². The minimum atomic E-state index is -4.67. The number of carbonyl (C=O) groups is 1. The summed E-state index contributed by atoms with van der Waals surface area (Å²) in [5.41, 5.74) is -0.321. The molecule has 1 heterocycles. The van der Waals surface area contributed by atoms with Gasteiger partial charge in [-0.3, -0.25) is 4.79 Å². The highest BCUT2D eigenvalue weighted by Gasteiger charge is 2.33. The molecule has 0 aliphatic carbocycles. The molecule has 1 N–H and O–H groups in total. The largest absolute Gasteiger partial charge is 0.416 e. The average molecular weight is 469 g/mol. The topological polar surface area (TPSA) is 68.5 Å². The van der Waals surface area contributed by atoms with Crippen molar-refractivity contribution in [2.75, 3.05) is 12.4 Å². The van der Waals surface area contributed by atoms with Gasteiger partial charge in [-0.05, 0) is 30.2 Å². The summed E-state index contributed by atoms with van der Waals surface area (Å²) < 4.78 is 55.4. The predicted molar refractivity (Wildman–Crippen MR) is 112 cm³/mol. The lowest BCUT2D eigenvalue weighted by molar-refractivity contribution is -0.137. The summed E-state index contributed by atoms with van der Waals surface area (Å²) in [6, 6.07) is 7.84. The third-order valence-electron chi connectivity index (χ3n) is 4.56. The first kappa shape index (κ1) is 23.3. The number of halogens is 5. The summed E-state index contributed by atoms with van der Waals surface area (Å²) in [6.45, 7) is 1.44. The van der Waals surface area contributed by atoms with Crippen LogP contribution < -0.4 is 5.32 Å². The van der Waals surface area contributed by atoms with Crippen LogP contribution in [0.25, 0.3) is 11.1 Å². The van der Waals surface area contributed by atoms with E-state index in [0.717, 1.165) is 10.7 Å². The van der Waals surface area contributed by atoms with Crippen LogP contribution in [0.5, 0.6) is 0 Å². The molecule has 0 unspecified atom stereocenters. The Morgan fingerprint density at radius 2 is 1.91 bits per heavy atom. The van der Waals surface area contributed by atoms with E-state index >= 15 is 0 Å². The molecule has 0 aliphatic rings. The standard InChI is InChI=1S/C21H17ClF4N4O2/c1-11-17(19(23)30(2)29-11)20(31)28-18-15(8-14(9-16(18)22)21(24,25)26)13-6-4-12(5-7-13)10-27-32-3/h4-10H,1-3H3,(H,28,31)/b27-10+. The molecule has 6 nitrogen and oxygen atoms in total. The van der Waals surface area contributed by atoms with Gasteiger partial charge in [0, 0.05) is 12.6 Å². The molecule has 32 heavy (non-hydrogen) atoms. The van der Waals surface area contributed by atoms with Gasteiger partial charge in [0.05, 0.1) is 28.2 Å². The number of nitrogens with zero attached hydrogens (tertiary/aromatic N) is 3. The fourth-order valence-electron chi connectivity index (χ4n) is 3.05. The van der Waals surface area contributed by atoms with Gasteiger partial charge in [-0.1, -0.05) is 41.0 Å².